The second kappa shape index (κ2) is 5.33. The summed E-state index contributed by atoms with van der Waals surface area (Å²) in [6, 6.07) is 10.3. The molecule has 3 atom stereocenters. The molecule has 0 unspecified atom stereocenters. The van der Waals surface area contributed by atoms with Crippen molar-refractivity contribution in [1.82, 2.24) is 0 Å². The zero-order valence-electron chi connectivity index (χ0n) is 12.1. The number of esters is 1. The SMILES string of the molecule is COC(=O)[C@H]1[C@H](/C=C/[Si](C)(C)C)[C@@H]1c1ccccc1. The largest absolute Gasteiger partial charge is 0.469 e. The molecule has 0 aromatic heterocycles. The van der Waals surface area contributed by atoms with E-state index in [1.165, 1.54) is 12.7 Å². The van der Waals surface area contributed by atoms with Crippen molar-refractivity contribution in [3.63, 3.8) is 0 Å². The van der Waals surface area contributed by atoms with E-state index in [1.54, 1.807) is 0 Å². The highest BCUT2D eigenvalue weighted by atomic mass is 28.3. The fraction of sp³-hybridized carbons (Fsp3) is 0.438. The first kappa shape index (κ1) is 14.1. The molecule has 1 aromatic carbocycles. The maximum Gasteiger partial charge on any atom is 0.309 e. The van der Waals surface area contributed by atoms with Crippen molar-refractivity contribution in [2.24, 2.45) is 11.8 Å². The Morgan fingerprint density at radius 2 is 1.84 bits per heavy atom. The van der Waals surface area contributed by atoms with E-state index in [0.717, 1.165) is 0 Å². The average molecular weight is 274 g/mol. The molecule has 1 saturated carbocycles. The molecule has 1 fully saturated rings. The fourth-order valence-electron chi connectivity index (χ4n) is 2.52. The minimum atomic E-state index is -1.22. The Hall–Kier alpha value is -1.35. The summed E-state index contributed by atoms with van der Waals surface area (Å²) in [5.74, 6) is 0.516. The van der Waals surface area contributed by atoms with Crippen molar-refractivity contribution >= 4 is 14.0 Å². The van der Waals surface area contributed by atoms with Crippen molar-refractivity contribution in [1.29, 1.82) is 0 Å². The fourth-order valence-corrected chi connectivity index (χ4v) is 3.32. The van der Waals surface area contributed by atoms with Crippen LogP contribution in [0, 0.1) is 11.8 Å². The van der Waals surface area contributed by atoms with E-state index in [-0.39, 0.29) is 11.9 Å². The summed E-state index contributed by atoms with van der Waals surface area (Å²) in [6.45, 7) is 6.91. The Balaban J connectivity index is 2.18. The van der Waals surface area contributed by atoms with Crippen LogP contribution in [0.25, 0.3) is 0 Å². The molecule has 2 rings (SSSR count). The smallest absolute Gasteiger partial charge is 0.309 e. The van der Waals surface area contributed by atoms with Gasteiger partial charge >= 0.3 is 5.97 Å². The van der Waals surface area contributed by atoms with Crippen LogP contribution in [-0.2, 0) is 9.53 Å². The number of ether oxygens (including phenoxy) is 1. The van der Waals surface area contributed by atoms with E-state index in [2.05, 4.69) is 43.5 Å². The second-order valence-electron chi connectivity index (χ2n) is 6.29. The summed E-state index contributed by atoms with van der Waals surface area (Å²) in [4.78, 5) is 11.8. The molecule has 1 aromatic rings. The molecule has 1 aliphatic rings. The molecule has 1 aliphatic carbocycles. The highest BCUT2D eigenvalue weighted by molar-refractivity contribution is 6.80. The molecule has 0 aliphatic heterocycles. The van der Waals surface area contributed by atoms with Gasteiger partial charge in [-0.3, -0.25) is 4.79 Å². The quantitative estimate of drug-likeness (QED) is 0.619. The zero-order valence-corrected chi connectivity index (χ0v) is 13.1. The lowest BCUT2D eigenvalue weighted by atomic mass is 10.1. The lowest BCUT2D eigenvalue weighted by Crippen LogP contribution is -2.15. The van der Waals surface area contributed by atoms with Crippen LogP contribution in [0.15, 0.2) is 42.1 Å². The lowest BCUT2D eigenvalue weighted by Gasteiger charge is -2.07. The Labute approximate surface area is 116 Å². The topological polar surface area (TPSA) is 26.3 Å². The van der Waals surface area contributed by atoms with Gasteiger partial charge in [0, 0.05) is 5.92 Å². The van der Waals surface area contributed by atoms with Gasteiger partial charge in [0.15, 0.2) is 0 Å². The van der Waals surface area contributed by atoms with Gasteiger partial charge in [-0.1, -0.05) is 61.7 Å². The van der Waals surface area contributed by atoms with Gasteiger partial charge in [0.1, 0.15) is 0 Å². The van der Waals surface area contributed by atoms with E-state index in [0.29, 0.717) is 11.8 Å². The Morgan fingerprint density at radius 1 is 1.21 bits per heavy atom. The first-order valence-electron chi connectivity index (χ1n) is 6.76. The maximum atomic E-state index is 11.8. The molecule has 0 radical (unpaired) electrons. The lowest BCUT2D eigenvalue weighted by molar-refractivity contribution is -0.142. The maximum absolute atomic E-state index is 11.8. The van der Waals surface area contributed by atoms with Crippen LogP contribution in [0.5, 0.6) is 0 Å². The van der Waals surface area contributed by atoms with Gasteiger partial charge in [0.05, 0.1) is 21.1 Å². The van der Waals surface area contributed by atoms with Gasteiger partial charge in [-0.15, -0.1) is 0 Å². The summed E-state index contributed by atoms with van der Waals surface area (Å²) in [5, 5.41) is 0. The molecule has 102 valence electrons. The van der Waals surface area contributed by atoms with Crippen LogP contribution in [-0.4, -0.2) is 21.2 Å². The van der Waals surface area contributed by atoms with E-state index in [4.69, 9.17) is 4.74 Å². The first-order chi connectivity index (χ1) is 8.94. The van der Waals surface area contributed by atoms with Crippen molar-refractivity contribution in [3.8, 4) is 0 Å². The van der Waals surface area contributed by atoms with Gasteiger partial charge in [0.25, 0.3) is 0 Å². The predicted octanol–water partition coefficient (Wildman–Crippen LogP) is 3.62. The van der Waals surface area contributed by atoms with Gasteiger partial charge in [-0.25, -0.2) is 0 Å². The molecular weight excluding hydrogens is 252 g/mol. The van der Waals surface area contributed by atoms with Crippen LogP contribution < -0.4 is 0 Å². The molecule has 0 heterocycles. The standard InChI is InChI=1S/C16H22O2Si/c1-18-16(17)15-13(10-11-19(2,3)4)14(15)12-8-6-5-7-9-12/h5-11,13-15H,1-4H3/b11-10+/t13-,14+,15+/m1/s1. The number of methoxy groups -OCH3 is 1. The van der Waals surface area contributed by atoms with Gasteiger partial charge in [-0.05, 0) is 11.5 Å². The number of hydrogen-bond acceptors (Lipinski definition) is 2. The summed E-state index contributed by atoms with van der Waals surface area (Å²) < 4.78 is 4.93. The van der Waals surface area contributed by atoms with E-state index in [9.17, 15) is 4.79 Å². The molecule has 19 heavy (non-hydrogen) atoms. The van der Waals surface area contributed by atoms with Gasteiger partial charge in [0.2, 0.25) is 0 Å². The van der Waals surface area contributed by atoms with Crippen LogP contribution in [0.2, 0.25) is 19.6 Å². The zero-order chi connectivity index (χ0) is 14.0. The van der Waals surface area contributed by atoms with Gasteiger partial charge in [-0.2, -0.15) is 0 Å². The Kier molecular flexibility index (Phi) is 3.95. The summed E-state index contributed by atoms with van der Waals surface area (Å²) in [7, 11) is 0.256. The highest BCUT2D eigenvalue weighted by Gasteiger charge is 2.54. The molecule has 0 N–H and O–H groups in total. The van der Waals surface area contributed by atoms with Crippen LogP contribution >= 0.6 is 0 Å². The summed E-state index contributed by atoms with van der Waals surface area (Å²) >= 11 is 0. The minimum Gasteiger partial charge on any atom is -0.469 e. The molecular formula is C16H22O2Si. The molecule has 3 heteroatoms. The predicted molar refractivity (Wildman–Crippen MR) is 80.7 cm³/mol. The molecule has 2 nitrogen and oxygen atoms in total. The number of rotatable bonds is 4. The Morgan fingerprint density at radius 3 is 2.37 bits per heavy atom. The van der Waals surface area contributed by atoms with Crippen LogP contribution in [0.1, 0.15) is 11.5 Å². The van der Waals surface area contributed by atoms with Crippen molar-refractivity contribution in [2.45, 2.75) is 25.6 Å². The van der Waals surface area contributed by atoms with Crippen molar-refractivity contribution < 1.29 is 9.53 Å². The molecule has 0 bridgehead atoms. The van der Waals surface area contributed by atoms with E-state index >= 15 is 0 Å². The third-order valence-electron chi connectivity index (χ3n) is 3.55. The van der Waals surface area contributed by atoms with Gasteiger partial charge < -0.3 is 4.74 Å². The highest BCUT2D eigenvalue weighted by Crippen LogP contribution is 2.55. The third kappa shape index (κ3) is 3.35. The number of hydrogen-bond donors (Lipinski definition) is 0. The van der Waals surface area contributed by atoms with Crippen molar-refractivity contribution in [3.05, 3.63) is 47.7 Å². The number of allylic oxidation sites excluding steroid dienone is 1. The monoisotopic (exact) mass is 274 g/mol. The minimum absolute atomic E-state index is 0.000000000000000666. The number of carbonyl (C=O) groups excluding carboxylic acids is 1. The van der Waals surface area contributed by atoms with E-state index in [1.807, 2.05) is 18.2 Å². The summed E-state index contributed by atoms with van der Waals surface area (Å²) in [6.07, 6.45) is 2.24. The molecule has 0 spiro atoms. The normalized spacial score (nSPS) is 26.4. The third-order valence-corrected chi connectivity index (χ3v) is 4.74. The van der Waals surface area contributed by atoms with Crippen molar-refractivity contribution in [2.75, 3.05) is 7.11 Å². The summed E-state index contributed by atoms with van der Waals surface area (Å²) in [5.41, 5.74) is 3.57. The number of benzene rings is 1. The Bertz CT molecular complexity index is 473. The van der Waals surface area contributed by atoms with E-state index < -0.39 is 8.07 Å². The molecule has 0 saturated heterocycles. The number of carbonyl (C=O) groups is 1. The first-order valence-corrected chi connectivity index (χ1v) is 10.3. The van der Waals surface area contributed by atoms with Crippen LogP contribution in [0.3, 0.4) is 0 Å². The average Bonchev–Trinajstić information content (AvgIpc) is 3.10. The molecule has 0 amide bonds. The van der Waals surface area contributed by atoms with Crippen LogP contribution in [0.4, 0.5) is 0 Å². The second-order valence-corrected chi connectivity index (χ2v) is 11.4.